The molecule has 1 heteroatoms. The zero-order valence-electron chi connectivity index (χ0n) is 8.73. The fourth-order valence-electron chi connectivity index (χ4n) is 2.05. The van der Waals surface area contributed by atoms with Gasteiger partial charge in [0.25, 0.3) is 0 Å². The van der Waals surface area contributed by atoms with Crippen LogP contribution in [-0.2, 0) is 12.8 Å². The highest BCUT2D eigenvalue weighted by Crippen LogP contribution is 2.33. The molecule has 1 aliphatic rings. The summed E-state index contributed by atoms with van der Waals surface area (Å²) < 4.78 is 1.28. The number of hydrogen-bond acceptors (Lipinski definition) is 0. The number of hydrogen-bond donors (Lipinski definition) is 0. The Labute approximate surface area is 94.2 Å². The minimum absolute atomic E-state index is 1.09. The van der Waals surface area contributed by atoms with Gasteiger partial charge >= 0.3 is 0 Å². The second-order valence-electron chi connectivity index (χ2n) is 3.95. The van der Waals surface area contributed by atoms with Gasteiger partial charge in [0.15, 0.2) is 0 Å². The predicted molar refractivity (Wildman–Crippen MR) is 65.5 cm³/mol. The second-order valence-corrected chi connectivity index (χ2v) is 4.80. The fraction of sp³-hybridized carbons (Fsp3) is 0.385. The first kappa shape index (κ1) is 9.97. The van der Waals surface area contributed by atoms with Gasteiger partial charge < -0.3 is 0 Å². The van der Waals surface area contributed by atoms with Crippen molar-refractivity contribution < 1.29 is 0 Å². The zero-order valence-corrected chi connectivity index (χ0v) is 10.3. The Hall–Kier alpha value is -0.560. The molecule has 1 aromatic rings. The molecule has 2 rings (SSSR count). The van der Waals surface area contributed by atoms with E-state index in [1.807, 2.05) is 0 Å². The molecule has 0 bridgehead atoms. The standard InChI is InChI=1S/C13H15Br/c1-3-4-10-7-12-9(2)5-6-11(12)13(14)8-10/h5,7-8H,3-4,6H2,1-2H3. The van der Waals surface area contributed by atoms with Crippen molar-refractivity contribution in [1.82, 2.24) is 0 Å². The molecular weight excluding hydrogens is 236 g/mol. The molecule has 0 amide bonds. The molecule has 1 aromatic carbocycles. The number of halogens is 1. The van der Waals surface area contributed by atoms with Crippen molar-refractivity contribution in [2.45, 2.75) is 33.1 Å². The molecule has 74 valence electrons. The summed E-state index contributed by atoms with van der Waals surface area (Å²) in [4.78, 5) is 0. The van der Waals surface area contributed by atoms with E-state index in [1.165, 1.54) is 39.6 Å². The number of aryl methyl sites for hydroxylation is 1. The van der Waals surface area contributed by atoms with Crippen LogP contribution in [0.1, 0.15) is 37.0 Å². The van der Waals surface area contributed by atoms with Crippen LogP contribution in [0.4, 0.5) is 0 Å². The molecule has 0 unspecified atom stereocenters. The Morgan fingerprint density at radius 3 is 2.86 bits per heavy atom. The quantitative estimate of drug-likeness (QED) is 0.732. The van der Waals surface area contributed by atoms with Crippen LogP contribution in [0, 0.1) is 0 Å². The number of fused-ring (bicyclic) bond motifs is 1. The molecule has 14 heavy (non-hydrogen) atoms. The van der Waals surface area contributed by atoms with Crippen LogP contribution in [-0.4, -0.2) is 0 Å². The van der Waals surface area contributed by atoms with Gasteiger partial charge in [-0.1, -0.05) is 41.4 Å². The lowest BCUT2D eigenvalue weighted by Gasteiger charge is -2.08. The summed E-state index contributed by atoms with van der Waals surface area (Å²) in [6, 6.07) is 4.62. The van der Waals surface area contributed by atoms with E-state index in [-0.39, 0.29) is 0 Å². The molecule has 0 aromatic heterocycles. The molecule has 0 radical (unpaired) electrons. The first-order valence-corrected chi connectivity index (χ1v) is 6.00. The Bertz CT molecular complexity index is 388. The van der Waals surface area contributed by atoms with Crippen LogP contribution in [0.25, 0.3) is 5.57 Å². The largest absolute Gasteiger partial charge is 0.0765 e. The molecule has 1 aliphatic carbocycles. The molecule has 0 fully saturated rings. The van der Waals surface area contributed by atoms with Crippen molar-refractivity contribution in [1.29, 1.82) is 0 Å². The van der Waals surface area contributed by atoms with Crippen molar-refractivity contribution in [3.05, 3.63) is 39.4 Å². The van der Waals surface area contributed by atoms with Gasteiger partial charge in [-0.15, -0.1) is 0 Å². The average Bonchev–Trinajstić information content (AvgIpc) is 2.49. The van der Waals surface area contributed by atoms with E-state index in [9.17, 15) is 0 Å². The average molecular weight is 251 g/mol. The van der Waals surface area contributed by atoms with Crippen molar-refractivity contribution in [3.63, 3.8) is 0 Å². The van der Waals surface area contributed by atoms with E-state index in [0.29, 0.717) is 0 Å². The van der Waals surface area contributed by atoms with Crippen LogP contribution in [0.15, 0.2) is 22.7 Å². The molecule has 0 saturated carbocycles. The fourth-order valence-corrected chi connectivity index (χ4v) is 2.72. The summed E-state index contributed by atoms with van der Waals surface area (Å²) in [5.74, 6) is 0. The Morgan fingerprint density at radius 2 is 2.14 bits per heavy atom. The number of rotatable bonds is 2. The van der Waals surface area contributed by atoms with Crippen LogP contribution in [0.2, 0.25) is 0 Å². The lowest BCUT2D eigenvalue weighted by Crippen LogP contribution is -1.91. The predicted octanol–water partition coefficient (Wildman–Crippen LogP) is 4.36. The van der Waals surface area contributed by atoms with Gasteiger partial charge in [0, 0.05) is 4.47 Å². The summed E-state index contributed by atoms with van der Waals surface area (Å²) in [7, 11) is 0. The Balaban J connectivity index is 2.46. The monoisotopic (exact) mass is 250 g/mol. The highest BCUT2D eigenvalue weighted by atomic mass is 79.9. The van der Waals surface area contributed by atoms with Crippen molar-refractivity contribution in [3.8, 4) is 0 Å². The maximum Gasteiger partial charge on any atom is 0.0219 e. The normalized spacial score (nSPS) is 14.1. The highest BCUT2D eigenvalue weighted by Gasteiger charge is 2.14. The van der Waals surface area contributed by atoms with Crippen LogP contribution in [0.3, 0.4) is 0 Å². The van der Waals surface area contributed by atoms with Gasteiger partial charge in [-0.3, -0.25) is 0 Å². The van der Waals surface area contributed by atoms with E-state index in [1.54, 1.807) is 0 Å². The third kappa shape index (κ3) is 1.66. The van der Waals surface area contributed by atoms with Gasteiger partial charge in [0.2, 0.25) is 0 Å². The number of allylic oxidation sites excluding steroid dienone is 2. The van der Waals surface area contributed by atoms with Crippen molar-refractivity contribution in [2.24, 2.45) is 0 Å². The lowest BCUT2D eigenvalue weighted by molar-refractivity contribution is 0.919. The highest BCUT2D eigenvalue weighted by molar-refractivity contribution is 9.10. The molecule has 0 saturated heterocycles. The molecule has 0 atom stereocenters. The maximum absolute atomic E-state index is 3.66. The molecule has 0 N–H and O–H groups in total. The van der Waals surface area contributed by atoms with Crippen LogP contribution in [0.5, 0.6) is 0 Å². The summed E-state index contributed by atoms with van der Waals surface area (Å²) >= 11 is 3.66. The maximum atomic E-state index is 3.66. The first-order valence-electron chi connectivity index (χ1n) is 5.20. The third-order valence-corrected chi connectivity index (χ3v) is 3.54. The summed E-state index contributed by atoms with van der Waals surface area (Å²) in [5.41, 5.74) is 5.79. The summed E-state index contributed by atoms with van der Waals surface area (Å²) in [6.45, 7) is 4.43. The smallest absolute Gasteiger partial charge is 0.0219 e. The van der Waals surface area contributed by atoms with Crippen molar-refractivity contribution >= 4 is 21.5 Å². The zero-order chi connectivity index (χ0) is 10.1. The topological polar surface area (TPSA) is 0 Å². The summed E-state index contributed by atoms with van der Waals surface area (Å²) in [6.07, 6.45) is 5.80. The van der Waals surface area contributed by atoms with Crippen LogP contribution >= 0.6 is 15.9 Å². The SMILES string of the molecule is CCCc1cc(Br)c2c(c1)C(C)=CC2. The van der Waals surface area contributed by atoms with Gasteiger partial charge in [0.05, 0.1) is 0 Å². The second kappa shape index (κ2) is 3.90. The van der Waals surface area contributed by atoms with E-state index in [2.05, 4.69) is 48.0 Å². The molecule has 0 aliphatic heterocycles. The van der Waals surface area contributed by atoms with Crippen molar-refractivity contribution in [2.75, 3.05) is 0 Å². The minimum atomic E-state index is 1.09. The van der Waals surface area contributed by atoms with Gasteiger partial charge in [-0.25, -0.2) is 0 Å². The molecule has 0 nitrogen and oxygen atoms in total. The lowest BCUT2D eigenvalue weighted by atomic mass is 10.0. The summed E-state index contributed by atoms with van der Waals surface area (Å²) in [5, 5.41) is 0. The van der Waals surface area contributed by atoms with E-state index < -0.39 is 0 Å². The van der Waals surface area contributed by atoms with Crippen LogP contribution < -0.4 is 0 Å². The van der Waals surface area contributed by atoms with E-state index in [4.69, 9.17) is 0 Å². The third-order valence-electron chi connectivity index (χ3n) is 2.83. The number of benzene rings is 1. The van der Waals surface area contributed by atoms with E-state index >= 15 is 0 Å². The Kier molecular flexibility index (Phi) is 2.78. The van der Waals surface area contributed by atoms with Gasteiger partial charge in [-0.05, 0) is 48.1 Å². The minimum Gasteiger partial charge on any atom is -0.0765 e. The molecular formula is C13H15Br. The molecule has 0 heterocycles. The van der Waals surface area contributed by atoms with Gasteiger partial charge in [0.1, 0.15) is 0 Å². The Morgan fingerprint density at radius 1 is 1.36 bits per heavy atom. The molecule has 0 spiro atoms. The first-order chi connectivity index (χ1) is 6.72. The van der Waals surface area contributed by atoms with E-state index in [0.717, 1.165) is 6.42 Å². The van der Waals surface area contributed by atoms with Gasteiger partial charge in [-0.2, -0.15) is 0 Å².